The molecule has 2 saturated heterocycles. The number of ketones is 1. The topological polar surface area (TPSA) is 83.7 Å². The molecule has 2 aromatic rings. The number of likely N-dealkylation sites (tertiary alicyclic amines) is 2. The van der Waals surface area contributed by atoms with Gasteiger partial charge < -0.3 is 15.5 Å². The fourth-order valence-corrected chi connectivity index (χ4v) is 5.39. The summed E-state index contributed by atoms with van der Waals surface area (Å²) in [6.45, 7) is 2.43. The molecule has 0 aromatic heterocycles. The van der Waals surface area contributed by atoms with Gasteiger partial charge in [0, 0.05) is 23.6 Å². The van der Waals surface area contributed by atoms with Crippen molar-refractivity contribution in [2.45, 2.75) is 37.2 Å². The van der Waals surface area contributed by atoms with Gasteiger partial charge in [0.05, 0.1) is 18.6 Å². The van der Waals surface area contributed by atoms with Crippen molar-refractivity contribution in [2.75, 3.05) is 18.8 Å². The molecule has 3 atom stereocenters. The number of nitrogens with zero attached hydrogens (tertiary/aromatic N) is 2. The van der Waals surface area contributed by atoms with Crippen molar-refractivity contribution in [3.05, 3.63) is 71.3 Å². The van der Waals surface area contributed by atoms with Gasteiger partial charge in [-0.05, 0) is 31.0 Å². The molecule has 7 heteroatoms. The first kappa shape index (κ1) is 21.6. The Morgan fingerprint density at radius 3 is 2.65 bits per heavy atom. The molecule has 2 N–H and O–H groups in total. The lowest BCUT2D eigenvalue weighted by Crippen LogP contribution is -2.50. The number of carbonyl (C=O) groups is 3. The van der Waals surface area contributed by atoms with Crippen LogP contribution in [0.15, 0.2) is 54.6 Å². The minimum Gasteiger partial charge on any atom is -0.329 e. The number of aryl methyl sites for hydroxylation is 1. The maximum absolute atomic E-state index is 13.0. The van der Waals surface area contributed by atoms with Crippen LogP contribution in [0, 0.1) is 6.92 Å². The van der Waals surface area contributed by atoms with Crippen LogP contribution in [0.3, 0.4) is 0 Å². The number of Topliss-reactive ketones (excluding diaryl/α,β-unsaturated/α-hetero) is 1. The highest BCUT2D eigenvalue weighted by Gasteiger charge is 2.51. The zero-order chi connectivity index (χ0) is 22.0. The number of amides is 2. The van der Waals surface area contributed by atoms with Crippen LogP contribution >= 0.6 is 11.8 Å². The van der Waals surface area contributed by atoms with E-state index in [0.717, 1.165) is 11.3 Å². The maximum atomic E-state index is 13.0. The predicted octanol–water partition coefficient (Wildman–Crippen LogP) is 2.25. The third-order valence-electron chi connectivity index (χ3n) is 5.96. The van der Waals surface area contributed by atoms with Gasteiger partial charge >= 0.3 is 0 Å². The molecule has 6 nitrogen and oxygen atoms in total. The number of benzene rings is 2. The van der Waals surface area contributed by atoms with Crippen LogP contribution in [-0.2, 0) is 15.3 Å². The number of hydrogen-bond acceptors (Lipinski definition) is 5. The molecule has 2 aliphatic heterocycles. The van der Waals surface area contributed by atoms with E-state index in [1.807, 2.05) is 55.5 Å². The SMILES string of the molecule is Cc1cccc(C(=O)N2CC(=O)C3C2CCN3C(=O)[C@@H](N)CSCc2ccccc2)c1. The van der Waals surface area contributed by atoms with E-state index < -0.39 is 12.1 Å². The lowest BCUT2D eigenvalue weighted by molar-refractivity contribution is -0.137. The summed E-state index contributed by atoms with van der Waals surface area (Å²) in [6.07, 6.45) is 0.601. The van der Waals surface area contributed by atoms with Crippen molar-refractivity contribution in [3.63, 3.8) is 0 Å². The zero-order valence-corrected chi connectivity index (χ0v) is 18.4. The van der Waals surface area contributed by atoms with Gasteiger partial charge in [-0.25, -0.2) is 0 Å². The highest BCUT2D eigenvalue weighted by molar-refractivity contribution is 7.98. The first-order valence-electron chi connectivity index (χ1n) is 10.5. The van der Waals surface area contributed by atoms with Crippen LogP contribution in [0.25, 0.3) is 0 Å². The highest BCUT2D eigenvalue weighted by Crippen LogP contribution is 2.31. The molecule has 2 aromatic carbocycles. The maximum Gasteiger partial charge on any atom is 0.254 e. The Morgan fingerprint density at radius 2 is 1.90 bits per heavy atom. The second kappa shape index (κ2) is 9.24. The number of fused-ring (bicyclic) bond motifs is 1. The van der Waals surface area contributed by atoms with E-state index in [2.05, 4.69) is 0 Å². The highest BCUT2D eigenvalue weighted by atomic mass is 32.2. The fraction of sp³-hybridized carbons (Fsp3) is 0.375. The monoisotopic (exact) mass is 437 g/mol. The fourth-order valence-electron chi connectivity index (χ4n) is 4.45. The molecule has 0 spiro atoms. The molecule has 0 bridgehead atoms. The predicted molar refractivity (Wildman–Crippen MR) is 122 cm³/mol. The van der Waals surface area contributed by atoms with Gasteiger partial charge in [-0.2, -0.15) is 11.8 Å². The summed E-state index contributed by atoms with van der Waals surface area (Å²) in [5.41, 5.74) is 8.94. The Bertz CT molecular complexity index is 981. The number of hydrogen-bond donors (Lipinski definition) is 1. The molecule has 0 aliphatic carbocycles. The van der Waals surface area contributed by atoms with Crippen molar-refractivity contribution in [2.24, 2.45) is 5.73 Å². The molecule has 0 saturated carbocycles. The molecule has 4 rings (SSSR count). The largest absolute Gasteiger partial charge is 0.329 e. The Labute approximate surface area is 186 Å². The van der Waals surface area contributed by atoms with Crippen molar-refractivity contribution in [3.8, 4) is 0 Å². The van der Waals surface area contributed by atoms with Gasteiger partial charge in [-0.3, -0.25) is 14.4 Å². The molecule has 162 valence electrons. The molecule has 31 heavy (non-hydrogen) atoms. The van der Waals surface area contributed by atoms with Gasteiger partial charge in [0.1, 0.15) is 6.04 Å². The Kier molecular flexibility index (Phi) is 6.43. The van der Waals surface area contributed by atoms with Gasteiger partial charge in [0.25, 0.3) is 5.91 Å². The zero-order valence-electron chi connectivity index (χ0n) is 17.6. The normalized spacial score (nSPS) is 21.3. The smallest absolute Gasteiger partial charge is 0.254 e. The second-order valence-electron chi connectivity index (χ2n) is 8.21. The molecular weight excluding hydrogens is 410 g/mol. The Morgan fingerprint density at radius 1 is 1.13 bits per heavy atom. The summed E-state index contributed by atoms with van der Waals surface area (Å²) in [4.78, 5) is 42.0. The quantitative estimate of drug-likeness (QED) is 0.749. The summed E-state index contributed by atoms with van der Waals surface area (Å²) in [7, 11) is 0. The third-order valence-corrected chi connectivity index (χ3v) is 7.09. The summed E-state index contributed by atoms with van der Waals surface area (Å²) < 4.78 is 0. The Hall–Kier alpha value is -2.64. The van der Waals surface area contributed by atoms with Crippen molar-refractivity contribution in [1.82, 2.24) is 9.80 Å². The lowest BCUT2D eigenvalue weighted by Gasteiger charge is -2.26. The number of rotatable bonds is 6. The first-order valence-corrected chi connectivity index (χ1v) is 11.7. The minimum absolute atomic E-state index is 0.0455. The van der Waals surface area contributed by atoms with E-state index in [1.165, 1.54) is 5.56 Å². The van der Waals surface area contributed by atoms with Crippen LogP contribution in [-0.4, -0.2) is 64.4 Å². The van der Waals surface area contributed by atoms with Crippen LogP contribution in [0.1, 0.15) is 27.9 Å². The Balaban J connectivity index is 1.38. The van der Waals surface area contributed by atoms with Crippen molar-refractivity contribution >= 4 is 29.4 Å². The standard InChI is InChI=1S/C24H27N3O3S/c1-16-6-5-9-18(12-16)23(29)27-13-21(28)22-20(27)10-11-26(22)24(30)19(25)15-31-14-17-7-3-2-4-8-17/h2-9,12,19-20,22H,10-11,13-15,25H2,1H3/t19-,20?,22?/m0/s1. The van der Waals surface area contributed by atoms with Crippen LogP contribution in [0.5, 0.6) is 0 Å². The van der Waals surface area contributed by atoms with E-state index in [1.54, 1.807) is 27.6 Å². The molecule has 2 aliphatic rings. The van der Waals surface area contributed by atoms with E-state index >= 15 is 0 Å². The van der Waals surface area contributed by atoms with Crippen molar-refractivity contribution < 1.29 is 14.4 Å². The molecule has 2 amide bonds. The van der Waals surface area contributed by atoms with E-state index in [0.29, 0.717) is 24.3 Å². The second-order valence-corrected chi connectivity index (χ2v) is 9.24. The molecular formula is C24H27N3O3S. The third kappa shape index (κ3) is 4.52. The first-order chi connectivity index (χ1) is 15.0. The number of nitrogens with two attached hydrogens (primary N) is 1. The van der Waals surface area contributed by atoms with E-state index in [9.17, 15) is 14.4 Å². The van der Waals surface area contributed by atoms with E-state index in [-0.39, 0.29) is 30.2 Å². The molecule has 2 fully saturated rings. The number of thioether (sulfide) groups is 1. The van der Waals surface area contributed by atoms with Gasteiger partial charge in [0.15, 0.2) is 5.78 Å². The average molecular weight is 438 g/mol. The molecule has 2 heterocycles. The minimum atomic E-state index is -0.665. The van der Waals surface area contributed by atoms with Crippen molar-refractivity contribution in [1.29, 1.82) is 0 Å². The van der Waals surface area contributed by atoms with Gasteiger partial charge in [-0.1, -0.05) is 48.0 Å². The molecule has 0 radical (unpaired) electrons. The van der Waals surface area contributed by atoms with Gasteiger partial charge in [0.2, 0.25) is 5.91 Å². The number of carbonyl (C=O) groups excluding carboxylic acids is 3. The summed E-state index contributed by atoms with van der Waals surface area (Å²) in [6, 6.07) is 15.9. The van der Waals surface area contributed by atoms with Crippen LogP contribution in [0.2, 0.25) is 0 Å². The van der Waals surface area contributed by atoms with Crippen LogP contribution in [0.4, 0.5) is 0 Å². The lowest BCUT2D eigenvalue weighted by atomic mass is 10.1. The van der Waals surface area contributed by atoms with Crippen LogP contribution < -0.4 is 5.73 Å². The summed E-state index contributed by atoms with van der Waals surface area (Å²) >= 11 is 1.61. The molecule has 2 unspecified atom stereocenters. The summed E-state index contributed by atoms with van der Waals surface area (Å²) in [5, 5.41) is 0. The van der Waals surface area contributed by atoms with Gasteiger partial charge in [-0.15, -0.1) is 0 Å². The average Bonchev–Trinajstić information content (AvgIpc) is 3.35. The van der Waals surface area contributed by atoms with E-state index in [4.69, 9.17) is 5.73 Å². The summed E-state index contributed by atoms with van der Waals surface area (Å²) in [5.74, 6) is 0.835.